The van der Waals surface area contributed by atoms with E-state index >= 15 is 0 Å². The number of carbonyl (C=O) groups excluding carboxylic acids is 3. The van der Waals surface area contributed by atoms with Crippen LogP contribution in [0.1, 0.15) is 19.3 Å². The van der Waals surface area contributed by atoms with Gasteiger partial charge in [0, 0.05) is 13.1 Å². The zero-order valence-electron chi connectivity index (χ0n) is 9.59. The van der Waals surface area contributed by atoms with Gasteiger partial charge in [-0.05, 0) is 12.8 Å². The first-order valence-corrected chi connectivity index (χ1v) is 5.53. The van der Waals surface area contributed by atoms with Gasteiger partial charge < -0.3 is 22.1 Å². The van der Waals surface area contributed by atoms with Gasteiger partial charge in [0.1, 0.15) is 0 Å². The van der Waals surface area contributed by atoms with E-state index in [4.69, 9.17) is 17.2 Å². The minimum absolute atomic E-state index is 0.184. The summed E-state index contributed by atoms with van der Waals surface area (Å²) in [5, 5.41) is 0. The van der Waals surface area contributed by atoms with Gasteiger partial charge in [0.2, 0.25) is 17.7 Å². The minimum Gasteiger partial charge on any atom is -0.370 e. The predicted molar refractivity (Wildman–Crippen MR) is 60.3 cm³/mol. The van der Waals surface area contributed by atoms with Crippen molar-refractivity contribution >= 4 is 17.7 Å². The molecule has 1 rings (SSSR count). The summed E-state index contributed by atoms with van der Waals surface area (Å²) in [4.78, 5) is 35.0. The maximum absolute atomic E-state index is 11.8. The third-order valence-corrected chi connectivity index (χ3v) is 2.87. The van der Waals surface area contributed by atoms with E-state index in [1.54, 1.807) is 0 Å². The molecule has 1 aliphatic rings. The molecule has 0 spiro atoms. The van der Waals surface area contributed by atoms with Crippen molar-refractivity contribution in [3.8, 4) is 0 Å². The lowest BCUT2D eigenvalue weighted by atomic mass is 9.96. The third-order valence-electron chi connectivity index (χ3n) is 2.87. The van der Waals surface area contributed by atoms with Crippen LogP contribution in [0.4, 0.5) is 0 Å². The Bertz CT molecular complexity index is 332. The summed E-state index contributed by atoms with van der Waals surface area (Å²) in [5.41, 5.74) is 15.7. The van der Waals surface area contributed by atoms with Gasteiger partial charge in [-0.25, -0.2) is 0 Å². The van der Waals surface area contributed by atoms with E-state index in [1.807, 2.05) is 0 Å². The lowest BCUT2D eigenvalue weighted by Gasteiger charge is -2.32. The molecule has 17 heavy (non-hydrogen) atoms. The van der Waals surface area contributed by atoms with E-state index in [0.717, 1.165) is 0 Å². The van der Waals surface area contributed by atoms with E-state index in [1.165, 1.54) is 4.90 Å². The molecule has 2 unspecified atom stereocenters. The summed E-state index contributed by atoms with van der Waals surface area (Å²) in [5.74, 6) is -1.71. The summed E-state index contributed by atoms with van der Waals surface area (Å²) < 4.78 is 0. The number of hydrogen-bond donors (Lipinski definition) is 3. The highest BCUT2D eigenvalue weighted by atomic mass is 16.2. The number of primary amides is 2. The second kappa shape index (κ2) is 5.62. The molecule has 1 heterocycles. The smallest absolute Gasteiger partial charge is 0.240 e. The number of likely N-dealkylation sites (tertiary alicyclic amines) is 1. The Balaban J connectivity index is 2.57. The Labute approximate surface area is 99.3 Å². The van der Waals surface area contributed by atoms with Crippen molar-refractivity contribution in [1.82, 2.24) is 4.90 Å². The van der Waals surface area contributed by atoms with Crippen molar-refractivity contribution in [2.75, 3.05) is 13.1 Å². The fraction of sp³-hybridized carbons (Fsp3) is 0.700. The van der Waals surface area contributed by atoms with Crippen LogP contribution in [0.15, 0.2) is 0 Å². The molecule has 0 aromatic heterocycles. The molecule has 7 nitrogen and oxygen atoms in total. The van der Waals surface area contributed by atoms with Gasteiger partial charge in [0.15, 0.2) is 0 Å². The molecule has 2 atom stereocenters. The number of nitrogens with two attached hydrogens (primary N) is 3. The number of carbonyl (C=O) groups is 3. The number of amides is 3. The first-order valence-electron chi connectivity index (χ1n) is 5.53. The first kappa shape index (κ1) is 13.4. The molecule has 0 aromatic rings. The molecule has 0 aromatic carbocycles. The van der Waals surface area contributed by atoms with Crippen LogP contribution in [0, 0.1) is 5.92 Å². The highest BCUT2D eigenvalue weighted by Gasteiger charge is 2.29. The van der Waals surface area contributed by atoms with Gasteiger partial charge in [-0.3, -0.25) is 14.4 Å². The molecule has 1 fully saturated rings. The van der Waals surface area contributed by atoms with E-state index in [0.29, 0.717) is 19.4 Å². The maximum atomic E-state index is 11.8. The van der Waals surface area contributed by atoms with Crippen molar-refractivity contribution in [3.63, 3.8) is 0 Å². The van der Waals surface area contributed by atoms with Crippen molar-refractivity contribution in [2.24, 2.45) is 23.1 Å². The molecule has 0 aliphatic carbocycles. The van der Waals surface area contributed by atoms with Crippen LogP contribution in [-0.4, -0.2) is 41.8 Å². The average molecular weight is 242 g/mol. The lowest BCUT2D eigenvalue weighted by Crippen LogP contribution is -2.50. The Morgan fingerprint density at radius 2 is 1.94 bits per heavy atom. The minimum atomic E-state index is -0.931. The van der Waals surface area contributed by atoms with E-state index < -0.39 is 17.9 Å². The third kappa shape index (κ3) is 3.70. The quantitative estimate of drug-likeness (QED) is 0.521. The maximum Gasteiger partial charge on any atom is 0.240 e. The molecule has 0 bridgehead atoms. The van der Waals surface area contributed by atoms with E-state index in [-0.39, 0.29) is 24.8 Å². The summed E-state index contributed by atoms with van der Waals surface area (Å²) in [6, 6.07) is -0.931. The largest absolute Gasteiger partial charge is 0.370 e. The van der Waals surface area contributed by atoms with Crippen LogP contribution < -0.4 is 17.2 Å². The number of rotatable bonds is 4. The lowest BCUT2D eigenvalue weighted by molar-refractivity contribution is -0.137. The normalized spacial score (nSPS) is 21.9. The second-order valence-electron chi connectivity index (χ2n) is 4.30. The van der Waals surface area contributed by atoms with Crippen LogP contribution >= 0.6 is 0 Å². The molecule has 3 amide bonds. The highest BCUT2D eigenvalue weighted by Crippen LogP contribution is 2.16. The molecule has 0 saturated carbocycles. The molecular weight excluding hydrogens is 224 g/mol. The van der Waals surface area contributed by atoms with E-state index in [2.05, 4.69) is 0 Å². The average Bonchev–Trinajstić information content (AvgIpc) is 2.27. The Morgan fingerprint density at radius 1 is 1.29 bits per heavy atom. The topological polar surface area (TPSA) is 133 Å². The second-order valence-corrected chi connectivity index (χ2v) is 4.30. The molecule has 1 aliphatic heterocycles. The van der Waals surface area contributed by atoms with Gasteiger partial charge in [-0.2, -0.15) is 0 Å². The van der Waals surface area contributed by atoms with Crippen molar-refractivity contribution < 1.29 is 14.4 Å². The molecule has 6 N–H and O–H groups in total. The van der Waals surface area contributed by atoms with Crippen LogP contribution in [0.3, 0.4) is 0 Å². The Morgan fingerprint density at radius 3 is 2.47 bits per heavy atom. The van der Waals surface area contributed by atoms with Gasteiger partial charge >= 0.3 is 0 Å². The fourth-order valence-corrected chi connectivity index (χ4v) is 1.95. The van der Waals surface area contributed by atoms with Crippen LogP contribution in [0.2, 0.25) is 0 Å². The zero-order chi connectivity index (χ0) is 13.0. The van der Waals surface area contributed by atoms with Crippen molar-refractivity contribution in [1.29, 1.82) is 0 Å². The highest BCUT2D eigenvalue weighted by molar-refractivity contribution is 5.88. The fourth-order valence-electron chi connectivity index (χ4n) is 1.95. The van der Waals surface area contributed by atoms with Crippen LogP contribution in [0.5, 0.6) is 0 Å². The van der Waals surface area contributed by atoms with Gasteiger partial charge in [0.25, 0.3) is 0 Å². The first-order chi connectivity index (χ1) is 7.91. The van der Waals surface area contributed by atoms with Gasteiger partial charge in [-0.1, -0.05) is 0 Å². The number of piperidine rings is 1. The van der Waals surface area contributed by atoms with Gasteiger partial charge in [0.05, 0.1) is 18.4 Å². The summed E-state index contributed by atoms with van der Waals surface area (Å²) in [6.07, 6.45) is 1.21. The summed E-state index contributed by atoms with van der Waals surface area (Å²) >= 11 is 0. The van der Waals surface area contributed by atoms with Gasteiger partial charge in [-0.15, -0.1) is 0 Å². The SMILES string of the molecule is NC(=O)CC(N)C(=O)N1CCCC(C(N)=O)C1. The number of nitrogens with zero attached hydrogens (tertiary/aromatic N) is 1. The molecule has 1 saturated heterocycles. The van der Waals surface area contributed by atoms with Crippen LogP contribution in [-0.2, 0) is 14.4 Å². The Hall–Kier alpha value is -1.63. The molecular formula is C10H18N4O3. The van der Waals surface area contributed by atoms with Crippen molar-refractivity contribution in [3.05, 3.63) is 0 Å². The monoisotopic (exact) mass is 242 g/mol. The predicted octanol–water partition coefficient (Wildman–Crippen LogP) is -2.09. The van der Waals surface area contributed by atoms with Crippen LogP contribution in [0.25, 0.3) is 0 Å². The molecule has 96 valence electrons. The zero-order valence-corrected chi connectivity index (χ0v) is 9.59. The molecule has 7 heteroatoms. The standard InChI is InChI=1S/C10H18N4O3/c11-7(4-8(12)15)10(17)14-3-1-2-6(5-14)9(13)16/h6-7H,1-5,11H2,(H2,12,15)(H2,13,16). The number of hydrogen-bond acceptors (Lipinski definition) is 4. The Kier molecular flexibility index (Phi) is 4.45. The summed E-state index contributed by atoms with van der Waals surface area (Å²) in [6.45, 7) is 0.815. The molecule has 0 radical (unpaired) electrons. The van der Waals surface area contributed by atoms with Crippen molar-refractivity contribution in [2.45, 2.75) is 25.3 Å². The summed E-state index contributed by atoms with van der Waals surface area (Å²) in [7, 11) is 0. The van der Waals surface area contributed by atoms with E-state index in [9.17, 15) is 14.4 Å².